The second-order valence-corrected chi connectivity index (χ2v) is 10.8. The van der Waals surface area contributed by atoms with Crippen LogP contribution in [-0.2, 0) is 9.59 Å². The molecule has 206 valence electrons. The summed E-state index contributed by atoms with van der Waals surface area (Å²) >= 11 is 0. The topological polar surface area (TPSA) is 147 Å². The molecule has 41 heavy (non-hydrogen) atoms. The van der Waals surface area contributed by atoms with Crippen molar-refractivity contribution < 1.29 is 9.59 Å². The molecule has 0 spiro atoms. The lowest BCUT2D eigenvalue weighted by Gasteiger charge is -2.26. The summed E-state index contributed by atoms with van der Waals surface area (Å²) in [7, 11) is 0. The van der Waals surface area contributed by atoms with E-state index in [4.69, 9.17) is 10.7 Å². The Morgan fingerprint density at radius 1 is 1.10 bits per heavy atom. The van der Waals surface area contributed by atoms with Crippen LogP contribution in [0.15, 0.2) is 65.6 Å². The minimum absolute atomic E-state index is 0.0504. The first kappa shape index (κ1) is 26.2. The van der Waals surface area contributed by atoms with E-state index in [1.807, 2.05) is 6.92 Å². The summed E-state index contributed by atoms with van der Waals surface area (Å²) in [6, 6.07) is 17.6. The van der Waals surface area contributed by atoms with Crippen LogP contribution in [0.25, 0.3) is 11.0 Å². The molecule has 4 aromatic rings. The maximum Gasteiger partial charge on any atom is 0.252 e. The molecule has 0 aliphatic heterocycles. The van der Waals surface area contributed by atoms with Crippen LogP contribution in [0.2, 0.25) is 0 Å². The zero-order valence-corrected chi connectivity index (χ0v) is 22.6. The van der Waals surface area contributed by atoms with Crippen LogP contribution in [0, 0.1) is 23.7 Å². The van der Waals surface area contributed by atoms with Crippen LogP contribution in [0.1, 0.15) is 55.7 Å². The summed E-state index contributed by atoms with van der Waals surface area (Å²) in [6.45, 7) is 1.89. The van der Waals surface area contributed by atoms with Gasteiger partial charge in [-0.05, 0) is 80.6 Å². The molecule has 0 unspecified atom stereocenters. The van der Waals surface area contributed by atoms with Gasteiger partial charge in [0.15, 0.2) is 0 Å². The van der Waals surface area contributed by atoms with Crippen LogP contribution >= 0.6 is 0 Å². The SMILES string of the molecule is Cc1cc(=O)n(C2CCCC2)c2nc(Nc3ccc(N(C(=O)C4(C(N)=O)CC4)c4cccc(C#N)c4)cc3)ncc12. The van der Waals surface area contributed by atoms with Crippen LogP contribution < -0.4 is 21.5 Å². The van der Waals surface area contributed by atoms with Gasteiger partial charge >= 0.3 is 0 Å². The number of nitrogens with zero attached hydrogens (tertiary/aromatic N) is 5. The van der Waals surface area contributed by atoms with Gasteiger partial charge in [-0.15, -0.1) is 0 Å². The number of carbonyl (C=O) groups is 2. The molecule has 0 radical (unpaired) electrons. The lowest BCUT2D eigenvalue weighted by atomic mass is 10.0. The van der Waals surface area contributed by atoms with Gasteiger partial charge in [0, 0.05) is 35.1 Å². The monoisotopic (exact) mass is 547 g/mol. The number of fused-ring (bicyclic) bond motifs is 1. The average molecular weight is 548 g/mol. The molecule has 2 saturated carbocycles. The molecule has 2 aliphatic rings. The molecule has 2 aliphatic carbocycles. The number of hydrogen-bond acceptors (Lipinski definition) is 7. The largest absolute Gasteiger partial charge is 0.369 e. The highest BCUT2D eigenvalue weighted by Crippen LogP contribution is 2.49. The predicted octanol–water partition coefficient (Wildman–Crippen LogP) is 4.76. The minimum atomic E-state index is -1.24. The Bertz CT molecular complexity index is 1780. The predicted molar refractivity (Wildman–Crippen MR) is 155 cm³/mol. The molecule has 10 nitrogen and oxygen atoms in total. The summed E-state index contributed by atoms with van der Waals surface area (Å²) in [5.41, 5.74) is 7.83. The van der Waals surface area contributed by atoms with Gasteiger partial charge in [0.05, 0.1) is 17.3 Å². The highest BCUT2D eigenvalue weighted by Gasteiger charge is 2.57. The molecule has 3 N–H and O–H groups in total. The van der Waals surface area contributed by atoms with Crippen molar-refractivity contribution in [2.24, 2.45) is 11.1 Å². The van der Waals surface area contributed by atoms with E-state index in [9.17, 15) is 19.6 Å². The van der Waals surface area contributed by atoms with Crippen molar-refractivity contribution in [3.8, 4) is 6.07 Å². The summed E-state index contributed by atoms with van der Waals surface area (Å²) in [4.78, 5) is 49.5. The second kappa shape index (κ2) is 10.2. The molecular weight excluding hydrogens is 518 g/mol. The third-order valence-corrected chi connectivity index (χ3v) is 8.14. The Labute approximate surface area is 236 Å². The summed E-state index contributed by atoms with van der Waals surface area (Å²) in [5.74, 6) is -0.719. The van der Waals surface area contributed by atoms with E-state index in [0.717, 1.165) is 36.6 Å². The zero-order chi connectivity index (χ0) is 28.7. The van der Waals surface area contributed by atoms with E-state index in [1.165, 1.54) is 4.90 Å². The first-order chi connectivity index (χ1) is 19.8. The van der Waals surface area contributed by atoms with Gasteiger partial charge in [-0.1, -0.05) is 18.9 Å². The molecule has 10 heteroatoms. The minimum Gasteiger partial charge on any atom is -0.369 e. The Morgan fingerprint density at radius 2 is 1.83 bits per heavy atom. The number of nitriles is 1. The number of primary amides is 1. The summed E-state index contributed by atoms with van der Waals surface area (Å²) in [6.07, 6.45) is 6.61. The van der Waals surface area contributed by atoms with Crippen LogP contribution in [0.3, 0.4) is 0 Å². The van der Waals surface area contributed by atoms with Crippen LogP contribution in [0.5, 0.6) is 0 Å². The van der Waals surface area contributed by atoms with Crippen molar-refractivity contribution in [3.63, 3.8) is 0 Å². The molecule has 6 rings (SSSR count). The first-order valence-electron chi connectivity index (χ1n) is 13.7. The third kappa shape index (κ3) is 4.69. The number of anilines is 4. The summed E-state index contributed by atoms with van der Waals surface area (Å²) in [5, 5.41) is 13.4. The average Bonchev–Trinajstić information content (AvgIpc) is 3.63. The van der Waals surface area contributed by atoms with Gasteiger partial charge in [0.25, 0.3) is 5.56 Å². The van der Waals surface area contributed by atoms with Crippen LogP contribution in [0.4, 0.5) is 23.0 Å². The van der Waals surface area contributed by atoms with E-state index in [0.29, 0.717) is 47.1 Å². The Kier molecular flexibility index (Phi) is 6.50. The lowest BCUT2D eigenvalue weighted by molar-refractivity contribution is -0.133. The van der Waals surface area contributed by atoms with Gasteiger partial charge in [0.1, 0.15) is 11.1 Å². The number of aryl methyl sites for hydroxylation is 1. The Morgan fingerprint density at radius 3 is 2.49 bits per heavy atom. The van der Waals surface area contributed by atoms with E-state index >= 15 is 0 Å². The highest BCUT2D eigenvalue weighted by atomic mass is 16.2. The number of hydrogen-bond donors (Lipinski definition) is 2. The highest BCUT2D eigenvalue weighted by molar-refractivity contribution is 6.16. The van der Waals surface area contributed by atoms with E-state index < -0.39 is 17.2 Å². The fraction of sp³-hybridized carbons (Fsp3) is 0.290. The molecule has 2 aromatic carbocycles. The smallest absolute Gasteiger partial charge is 0.252 e. The number of amides is 2. The van der Waals surface area contributed by atoms with Gasteiger partial charge in [-0.2, -0.15) is 10.2 Å². The fourth-order valence-corrected chi connectivity index (χ4v) is 5.67. The Hall–Kier alpha value is -5.04. The molecule has 0 saturated heterocycles. The lowest BCUT2D eigenvalue weighted by Crippen LogP contribution is -2.41. The number of nitrogens with two attached hydrogens (primary N) is 1. The standard InChI is InChI=1S/C31H29N7O3/c1-19-15-26(39)38(22-6-2-3-7-22)27-25(19)18-34-30(36-27)35-21-9-11-23(12-10-21)37(24-8-4-5-20(16-24)17-32)29(41)31(13-14-31)28(33)40/h4-5,8-12,15-16,18,22H,2-3,6-7,13-14H2,1H3,(H2,33,40)(H,34,35,36). The summed E-state index contributed by atoms with van der Waals surface area (Å²) < 4.78 is 1.80. The van der Waals surface area contributed by atoms with E-state index in [-0.39, 0.29) is 11.6 Å². The number of nitrogens with one attached hydrogen (secondary N) is 1. The van der Waals surface area contributed by atoms with Gasteiger partial charge in [-0.3, -0.25) is 23.9 Å². The number of carbonyl (C=O) groups excluding carboxylic acids is 2. The van der Waals surface area contributed by atoms with E-state index in [2.05, 4.69) is 16.4 Å². The van der Waals surface area contributed by atoms with Crippen molar-refractivity contribution >= 4 is 45.9 Å². The second-order valence-electron chi connectivity index (χ2n) is 10.8. The molecule has 2 heterocycles. The van der Waals surface area contributed by atoms with Gasteiger partial charge < -0.3 is 11.1 Å². The Balaban J connectivity index is 1.33. The first-order valence-corrected chi connectivity index (χ1v) is 13.7. The quantitative estimate of drug-likeness (QED) is 0.317. The maximum absolute atomic E-state index is 13.6. The van der Waals surface area contributed by atoms with Crippen molar-refractivity contribution in [1.82, 2.24) is 14.5 Å². The molecule has 2 amide bonds. The normalized spacial score (nSPS) is 15.8. The number of rotatable bonds is 7. The van der Waals surface area contributed by atoms with Crippen molar-refractivity contribution in [2.45, 2.75) is 51.5 Å². The molecular formula is C31H29N7O3. The van der Waals surface area contributed by atoms with Crippen molar-refractivity contribution in [1.29, 1.82) is 5.26 Å². The van der Waals surface area contributed by atoms with Gasteiger partial charge in [-0.25, -0.2) is 4.98 Å². The maximum atomic E-state index is 13.6. The number of pyridine rings is 1. The van der Waals surface area contributed by atoms with Crippen molar-refractivity contribution in [2.75, 3.05) is 10.2 Å². The number of benzene rings is 2. The molecule has 0 atom stereocenters. The fourth-order valence-electron chi connectivity index (χ4n) is 5.67. The third-order valence-electron chi connectivity index (χ3n) is 8.14. The number of aromatic nitrogens is 3. The molecule has 0 bridgehead atoms. The van der Waals surface area contributed by atoms with E-state index in [1.54, 1.807) is 65.4 Å². The van der Waals surface area contributed by atoms with Gasteiger partial charge in [0.2, 0.25) is 17.8 Å². The van der Waals surface area contributed by atoms with Crippen molar-refractivity contribution in [3.05, 3.63) is 82.3 Å². The zero-order valence-electron chi connectivity index (χ0n) is 22.6. The molecule has 2 aromatic heterocycles. The molecule has 2 fully saturated rings. The van der Waals surface area contributed by atoms with Crippen LogP contribution in [-0.4, -0.2) is 26.3 Å².